The Kier molecular flexibility index (Phi) is 4.58. The van der Waals surface area contributed by atoms with Gasteiger partial charge < -0.3 is 19.9 Å². The number of hydrogen-bond acceptors (Lipinski definition) is 4. The highest BCUT2D eigenvalue weighted by Gasteiger charge is 2.62. The van der Waals surface area contributed by atoms with Gasteiger partial charge in [-0.2, -0.15) is 0 Å². The number of amides is 1. The van der Waals surface area contributed by atoms with Gasteiger partial charge in [-0.15, -0.1) is 0 Å². The number of rotatable bonds is 7. The molecule has 0 aromatic heterocycles. The molecule has 0 heterocycles. The van der Waals surface area contributed by atoms with Gasteiger partial charge >= 0.3 is 5.97 Å². The van der Waals surface area contributed by atoms with Crippen molar-refractivity contribution in [3.05, 3.63) is 35.9 Å². The number of nitrogens with one attached hydrogen (secondary N) is 1. The van der Waals surface area contributed by atoms with Crippen LogP contribution < -0.4 is 14.8 Å². The standard InChI is InChI=1S/C21H25NO5/c1-26-16-6-3-11(9-17(16)27-2)7-8-22-20(23)18-12-4-5-13(15-10-14(12)15)19(18)21(24)25/h3-6,9,12-15,18-19H,7-8,10H2,1-2H3,(H,22,23)(H,24,25)/t12-,13-,14+,15-,18+,19-/m0/s1. The maximum Gasteiger partial charge on any atom is 0.307 e. The van der Waals surface area contributed by atoms with E-state index in [1.165, 1.54) is 0 Å². The Bertz CT molecular complexity index is 789. The van der Waals surface area contributed by atoms with E-state index in [1.807, 2.05) is 24.3 Å². The Morgan fingerprint density at radius 1 is 1.07 bits per heavy atom. The number of aliphatic carboxylic acids is 1. The molecule has 6 nitrogen and oxygen atoms in total. The number of fused-ring (bicyclic) bond motifs is 1. The van der Waals surface area contributed by atoms with Crippen molar-refractivity contribution < 1.29 is 24.2 Å². The van der Waals surface area contributed by atoms with Crippen LogP contribution in [0.5, 0.6) is 11.5 Å². The van der Waals surface area contributed by atoms with Crippen LogP contribution in [0, 0.1) is 35.5 Å². The molecule has 1 amide bonds. The number of carbonyl (C=O) groups is 2. The second-order valence-corrected chi connectivity index (χ2v) is 7.72. The zero-order chi connectivity index (χ0) is 19.1. The molecule has 0 aliphatic heterocycles. The Hall–Kier alpha value is -2.50. The first-order valence-electron chi connectivity index (χ1n) is 9.45. The van der Waals surface area contributed by atoms with Crippen LogP contribution in [0.2, 0.25) is 0 Å². The van der Waals surface area contributed by atoms with Gasteiger partial charge in [-0.25, -0.2) is 0 Å². The van der Waals surface area contributed by atoms with Crippen molar-refractivity contribution in [1.82, 2.24) is 5.32 Å². The zero-order valence-corrected chi connectivity index (χ0v) is 15.6. The van der Waals surface area contributed by atoms with Gasteiger partial charge in [-0.05, 0) is 54.2 Å². The molecule has 1 aromatic carbocycles. The van der Waals surface area contributed by atoms with Crippen LogP contribution in [0.25, 0.3) is 0 Å². The van der Waals surface area contributed by atoms with Gasteiger partial charge in [-0.1, -0.05) is 18.2 Å². The highest BCUT2D eigenvalue weighted by atomic mass is 16.5. The third-order valence-electron chi connectivity index (χ3n) is 6.40. The summed E-state index contributed by atoms with van der Waals surface area (Å²) in [5.74, 6) is 0.347. The molecule has 2 fully saturated rings. The average Bonchev–Trinajstić information content (AvgIpc) is 3.49. The number of hydrogen-bond donors (Lipinski definition) is 2. The van der Waals surface area contributed by atoms with Crippen LogP contribution in [-0.2, 0) is 16.0 Å². The van der Waals surface area contributed by atoms with E-state index >= 15 is 0 Å². The predicted octanol–water partition coefficient (Wildman–Crippen LogP) is 2.13. The third kappa shape index (κ3) is 3.07. The van der Waals surface area contributed by atoms with Crippen molar-refractivity contribution in [3.8, 4) is 11.5 Å². The van der Waals surface area contributed by atoms with Gasteiger partial charge in [0, 0.05) is 6.54 Å². The average molecular weight is 371 g/mol. The minimum Gasteiger partial charge on any atom is -0.493 e. The molecule has 0 spiro atoms. The summed E-state index contributed by atoms with van der Waals surface area (Å²) in [6.07, 6.45) is 5.82. The predicted molar refractivity (Wildman–Crippen MR) is 98.6 cm³/mol. The minimum atomic E-state index is -0.847. The summed E-state index contributed by atoms with van der Waals surface area (Å²) in [4.78, 5) is 24.6. The maximum atomic E-state index is 12.8. The van der Waals surface area contributed by atoms with E-state index in [2.05, 4.69) is 11.4 Å². The van der Waals surface area contributed by atoms with Gasteiger partial charge in [0.2, 0.25) is 5.91 Å². The van der Waals surface area contributed by atoms with Crippen LogP contribution in [0.1, 0.15) is 12.0 Å². The highest BCUT2D eigenvalue weighted by molar-refractivity contribution is 5.86. The van der Waals surface area contributed by atoms with Crippen molar-refractivity contribution in [3.63, 3.8) is 0 Å². The van der Waals surface area contributed by atoms with Crippen LogP contribution in [-0.4, -0.2) is 37.7 Å². The number of benzene rings is 1. The third-order valence-corrected chi connectivity index (χ3v) is 6.40. The molecular weight excluding hydrogens is 346 g/mol. The maximum absolute atomic E-state index is 12.8. The van der Waals surface area contributed by atoms with Gasteiger partial charge in [0.25, 0.3) is 0 Å². The fourth-order valence-electron chi connectivity index (χ4n) is 5.05. The van der Waals surface area contributed by atoms with Crippen molar-refractivity contribution in [2.24, 2.45) is 35.5 Å². The van der Waals surface area contributed by atoms with E-state index in [-0.39, 0.29) is 17.7 Å². The first kappa shape index (κ1) is 17.9. The number of carboxylic acid groups (broad SMARTS) is 1. The van der Waals surface area contributed by atoms with Crippen molar-refractivity contribution in [2.75, 3.05) is 20.8 Å². The molecule has 2 bridgehead atoms. The van der Waals surface area contributed by atoms with E-state index in [4.69, 9.17) is 9.47 Å². The van der Waals surface area contributed by atoms with E-state index in [9.17, 15) is 14.7 Å². The lowest BCUT2D eigenvalue weighted by atomic mass is 9.62. The van der Waals surface area contributed by atoms with Gasteiger partial charge in [-0.3, -0.25) is 9.59 Å². The Labute approximate surface area is 158 Å². The van der Waals surface area contributed by atoms with Crippen LogP contribution >= 0.6 is 0 Å². The fourth-order valence-corrected chi connectivity index (χ4v) is 5.05. The second-order valence-electron chi connectivity index (χ2n) is 7.72. The smallest absolute Gasteiger partial charge is 0.307 e. The van der Waals surface area contributed by atoms with E-state index in [0.29, 0.717) is 36.3 Å². The molecule has 27 heavy (non-hydrogen) atoms. The van der Waals surface area contributed by atoms with E-state index < -0.39 is 17.8 Å². The number of allylic oxidation sites excluding steroid dienone is 2. The summed E-state index contributed by atoms with van der Waals surface area (Å²) in [5, 5.41) is 12.7. The summed E-state index contributed by atoms with van der Waals surface area (Å²) in [6, 6.07) is 5.67. The van der Waals surface area contributed by atoms with Crippen molar-refractivity contribution in [2.45, 2.75) is 12.8 Å². The van der Waals surface area contributed by atoms with Crippen molar-refractivity contribution >= 4 is 11.9 Å². The SMILES string of the molecule is COc1ccc(CCNC(=O)[C@@H]2[C@H]3C=C[C@@H]([C@@H]4C[C@H]34)[C@@H]2C(=O)O)cc1OC. The Morgan fingerprint density at radius 2 is 1.74 bits per heavy atom. The molecule has 4 aliphatic carbocycles. The topological polar surface area (TPSA) is 84.9 Å². The summed E-state index contributed by atoms with van der Waals surface area (Å²) < 4.78 is 10.5. The monoisotopic (exact) mass is 371 g/mol. The van der Waals surface area contributed by atoms with Crippen molar-refractivity contribution in [1.29, 1.82) is 0 Å². The largest absolute Gasteiger partial charge is 0.493 e. The van der Waals surface area contributed by atoms with E-state index in [0.717, 1.165) is 12.0 Å². The quantitative estimate of drug-likeness (QED) is 0.718. The summed E-state index contributed by atoms with van der Waals surface area (Å²) >= 11 is 0. The summed E-state index contributed by atoms with van der Waals surface area (Å²) in [5.41, 5.74) is 1.02. The zero-order valence-electron chi connectivity index (χ0n) is 15.6. The van der Waals surface area contributed by atoms with Gasteiger partial charge in [0.15, 0.2) is 11.5 Å². The molecule has 6 atom stereocenters. The lowest BCUT2D eigenvalue weighted by molar-refractivity contribution is -0.153. The number of carboxylic acids is 1. The molecule has 2 N–H and O–H groups in total. The molecule has 0 unspecified atom stereocenters. The lowest BCUT2D eigenvalue weighted by Gasteiger charge is -2.41. The molecule has 4 aliphatic rings. The Morgan fingerprint density at radius 3 is 2.37 bits per heavy atom. The van der Waals surface area contributed by atoms with E-state index in [1.54, 1.807) is 14.2 Å². The molecule has 5 rings (SSSR count). The molecule has 0 saturated heterocycles. The number of ether oxygens (including phenoxy) is 2. The van der Waals surface area contributed by atoms with Gasteiger partial charge in [0.05, 0.1) is 26.1 Å². The number of methoxy groups -OCH3 is 2. The van der Waals surface area contributed by atoms with Crippen LogP contribution in [0.4, 0.5) is 0 Å². The summed E-state index contributed by atoms with van der Waals surface area (Å²) in [6.45, 7) is 0.465. The number of carbonyl (C=O) groups excluding carboxylic acids is 1. The minimum absolute atomic E-state index is 0.0131. The van der Waals surface area contributed by atoms with Crippen LogP contribution in [0.15, 0.2) is 30.4 Å². The molecule has 144 valence electrons. The molecule has 2 saturated carbocycles. The molecule has 0 radical (unpaired) electrons. The van der Waals surface area contributed by atoms with Crippen LogP contribution in [0.3, 0.4) is 0 Å². The highest BCUT2D eigenvalue weighted by Crippen LogP contribution is 2.63. The summed E-state index contributed by atoms with van der Waals surface area (Å²) in [7, 11) is 3.18. The Balaban J connectivity index is 1.39. The molecular formula is C21H25NO5. The second kappa shape index (κ2) is 6.91. The molecule has 6 heteroatoms. The van der Waals surface area contributed by atoms with Gasteiger partial charge in [0.1, 0.15) is 0 Å². The normalized spacial score (nSPS) is 32.5. The first-order chi connectivity index (χ1) is 13.0. The first-order valence-corrected chi connectivity index (χ1v) is 9.45. The molecule has 1 aromatic rings. The fraction of sp³-hybridized carbons (Fsp3) is 0.524. The lowest BCUT2D eigenvalue weighted by Crippen LogP contribution is -2.50.